The van der Waals surface area contributed by atoms with Gasteiger partial charge in [0.05, 0.1) is 0 Å². The topological polar surface area (TPSA) is 46.3 Å². The molecule has 3 fully saturated rings. The van der Waals surface area contributed by atoms with Gasteiger partial charge in [0.2, 0.25) is 0 Å². The first kappa shape index (κ1) is 14.7. The Balaban J connectivity index is 1.72. The molecular weight excluding hydrogens is 272 g/mol. The van der Waals surface area contributed by atoms with E-state index in [9.17, 15) is 4.79 Å². The maximum atomic E-state index is 11.9. The Morgan fingerprint density at radius 2 is 2.05 bits per heavy atom. The minimum atomic E-state index is 0.208. The van der Waals surface area contributed by atoms with E-state index in [0.29, 0.717) is 17.2 Å². The second-order valence-electron chi connectivity index (χ2n) is 9.06. The Hall–Kier alpha value is -0.830. The molecule has 0 bridgehead atoms. The monoisotopic (exact) mass is 302 g/mol. The third-order valence-electron chi connectivity index (χ3n) is 7.73. The number of carbonyl (C=O) groups excluding carboxylic acids is 1. The van der Waals surface area contributed by atoms with Gasteiger partial charge in [0.15, 0.2) is 5.78 Å². The van der Waals surface area contributed by atoms with Crippen molar-refractivity contribution in [2.75, 3.05) is 13.6 Å². The molecule has 22 heavy (non-hydrogen) atoms. The number of nitrogens with two attached hydrogens (primary N) is 1. The van der Waals surface area contributed by atoms with Crippen molar-refractivity contribution in [2.24, 2.45) is 34.3 Å². The predicted molar refractivity (Wildman–Crippen MR) is 88.1 cm³/mol. The zero-order valence-electron chi connectivity index (χ0n) is 14.3. The van der Waals surface area contributed by atoms with Crippen molar-refractivity contribution in [1.82, 2.24) is 4.90 Å². The summed E-state index contributed by atoms with van der Waals surface area (Å²) in [6.45, 7) is 6.03. The minimum Gasteiger partial charge on any atom is -0.377 e. The van der Waals surface area contributed by atoms with Gasteiger partial charge in [0.25, 0.3) is 0 Å². The highest BCUT2D eigenvalue weighted by Gasteiger charge is 2.58. The smallest absolute Gasteiger partial charge is 0.157 e. The molecule has 4 rings (SSSR count). The molecule has 3 aliphatic carbocycles. The van der Waals surface area contributed by atoms with Gasteiger partial charge in [0, 0.05) is 43.2 Å². The van der Waals surface area contributed by atoms with Crippen LogP contribution in [0.1, 0.15) is 52.4 Å². The van der Waals surface area contributed by atoms with Crippen LogP contribution < -0.4 is 5.73 Å². The van der Waals surface area contributed by atoms with Crippen molar-refractivity contribution in [3.05, 3.63) is 11.8 Å². The highest BCUT2D eigenvalue weighted by Crippen LogP contribution is 2.63. The Kier molecular flexibility index (Phi) is 3.08. The van der Waals surface area contributed by atoms with Crippen LogP contribution in [-0.4, -0.2) is 30.3 Å². The first-order valence-electron chi connectivity index (χ1n) is 9.05. The molecule has 1 heterocycles. The average molecular weight is 302 g/mol. The first-order chi connectivity index (χ1) is 10.3. The fourth-order valence-corrected chi connectivity index (χ4v) is 6.69. The fourth-order valence-electron chi connectivity index (χ4n) is 6.69. The van der Waals surface area contributed by atoms with Gasteiger partial charge in [-0.25, -0.2) is 0 Å². The maximum absolute atomic E-state index is 11.9. The number of ketones is 1. The van der Waals surface area contributed by atoms with Crippen LogP contribution in [0.5, 0.6) is 0 Å². The van der Waals surface area contributed by atoms with Crippen LogP contribution in [0.25, 0.3) is 0 Å². The molecule has 0 aromatic carbocycles. The van der Waals surface area contributed by atoms with Gasteiger partial charge in [0.1, 0.15) is 0 Å². The zero-order chi connectivity index (χ0) is 15.7. The molecule has 0 unspecified atom stereocenters. The normalized spacial score (nSPS) is 51.0. The Bertz CT molecular complexity index is 542. The summed E-state index contributed by atoms with van der Waals surface area (Å²) in [5.41, 5.74) is 8.33. The van der Waals surface area contributed by atoms with E-state index in [1.54, 1.807) is 0 Å². The van der Waals surface area contributed by atoms with E-state index in [2.05, 4.69) is 25.8 Å². The third kappa shape index (κ3) is 1.87. The first-order valence-corrected chi connectivity index (χ1v) is 9.05. The van der Waals surface area contributed by atoms with Crippen molar-refractivity contribution in [3.63, 3.8) is 0 Å². The van der Waals surface area contributed by atoms with Crippen LogP contribution in [0.4, 0.5) is 0 Å². The lowest BCUT2D eigenvalue weighted by Gasteiger charge is -2.59. The number of likely N-dealkylation sites (tertiary alicyclic amines) is 1. The summed E-state index contributed by atoms with van der Waals surface area (Å²) >= 11 is 0. The third-order valence-corrected chi connectivity index (χ3v) is 7.73. The molecule has 122 valence electrons. The van der Waals surface area contributed by atoms with Crippen molar-refractivity contribution in [1.29, 1.82) is 0 Å². The molecule has 1 aliphatic heterocycles. The van der Waals surface area contributed by atoms with Crippen molar-refractivity contribution >= 4 is 5.78 Å². The van der Waals surface area contributed by atoms with Gasteiger partial charge in [-0.3, -0.25) is 4.79 Å². The molecule has 0 aromatic heterocycles. The fraction of sp³-hybridized carbons (Fsp3) is 0.842. The lowest BCUT2D eigenvalue weighted by Crippen LogP contribution is -2.56. The van der Waals surface area contributed by atoms with Crippen LogP contribution in [0, 0.1) is 28.6 Å². The molecule has 0 spiro atoms. The summed E-state index contributed by atoms with van der Waals surface area (Å²) < 4.78 is 0. The number of hydrogen-bond donors (Lipinski definition) is 1. The van der Waals surface area contributed by atoms with Gasteiger partial charge in [-0.1, -0.05) is 13.8 Å². The Morgan fingerprint density at radius 3 is 2.82 bits per heavy atom. The van der Waals surface area contributed by atoms with E-state index in [4.69, 9.17) is 5.73 Å². The minimum absolute atomic E-state index is 0.208. The largest absolute Gasteiger partial charge is 0.377 e. The van der Waals surface area contributed by atoms with Crippen LogP contribution in [0.3, 0.4) is 0 Å². The molecule has 0 amide bonds. The summed E-state index contributed by atoms with van der Waals surface area (Å²) in [6.07, 6.45) is 8.79. The molecule has 2 saturated carbocycles. The highest BCUT2D eigenvalue weighted by atomic mass is 16.1. The lowest BCUT2D eigenvalue weighted by atomic mass is 9.50. The summed E-state index contributed by atoms with van der Waals surface area (Å²) in [5.74, 6) is 2.60. The van der Waals surface area contributed by atoms with E-state index in [-0.39, 0.29) is 5.41 Å². The van der Waals surface area contributed by atoms with Crippen molar-refractivity contribution in [2.45, 2.75) is 58.4 Å². The van der Waals surface area contributed by atoms with Crippen molar-refractivity contribution in [3.8, 4) is 0 Å². The van der Waals surface area contributed by atoms with E-state index in [0.717, 1.165) is 37.1 Å². The quantitative estimate of drug-likeness (QED) is 0.748. The van der Waals surface area contributed by atoms with Crippen LogP contribution in [0.2, 0.25) is 0 Å². The van der Waals surface area contributed by atoms with Crippen LogP contribution >= 0.6 is 0 Å². The molecule has 0 radical (unpaired) electrons. The lowest BCUT2D eigenvalue weighted by molar-refractivity contribution is -0.118. The summed E-state index contributed by atoms with van der Waals surface area (Å²) in [5, 5.41) is 0. The van der Waals surface area contributed by atoms with E-state index in [1.807, 2.05) is 6.08 Å². The van der Waals surface area contributed by atoms with E-state index < -0.39 is 0 Å². The number of allylic oxidation sites excluding steroid dienone is 2. The second-order valence-corrected chi connectivity index (χ2v) is 9.06. The predicted octanol–water partition coefficient (Wildman–Crippen LogP) is 2.95. The average Bonchev–Trinajstić information content (AvgIpc) is 2.76. The highest BCUT2D eigenvalue weighted by molar-refractivity contribution is 5.91. The zero-order valence-corrected chi connectivity index (χ0v) is 14.3. The maximum Gasteiger partial charge on any atom is 0.157 e. The molecule has 6 atom stereocenters. The molecule has 4 aliphatic rings. The number of rotatable bonds is 0. The number of fused-ring (bicyclic) bond motifs is 5. The van der Waals surface area contributed by atoms with Gasteiger partial charge >= 0.3 is 0 Å². The Morgan fingerprint density at radius 1 is 1.27 bits per heavy atom. The Labute approximate surface area is 134 Å². The number of piperidine rings is 1. The SMILES string of the molecule is CN1C[C@H]2[C@@H]3C[C@H](N)C[C@@]3(C)CC[C@@H]2[C@@]2(C)CCC(=O)C=C12. The van der Waals surface area contributed by atoms with Gasteiger partial charge in [-0.05, 0) is 55.3 Å². The second kappa shape index (κ2) is 4.59. The molecule has 3 nitrogen and oxygen atoms in total. The molecule has 2 N–H and O–H groups in total. The number of nitrogens with zero attached hydrogens (tertiary/aromatic N) is 1. The standard InChI is InChI=1S/C19H30N2O/c1-18-6-5-15-14(16(18)8-12(20)10-18)11-21(3)17-9-13(22)4-7-19(15,17)2/h9,12,14-16H,4-8,10-11,20H2,1-3H3/t12-,14+,15-,16-,18+,19+/m0/s1. The number of carbonyl (C=O) groups is 1. The molecule has 3 heteroatoms. The summed E-state index contributed by atoms with van der Waals surface area (Å²) in [7, 11) is 2.19. The molecular formula is C19H30N2O. The van der Waals surface area contributed by atoms with E-state index >= 15 is 0 Å². The van der Waals surface area contributed by atoms with Gasteiger partial charge < -0.3 is 10.6 Å². The molecule has 1 saturated heterocycles. The molecule has 0 aromatic rings. The summed E-state index contributed by atoms with van der Waals surface area (Å²) in [6, 6.07) is 0.400. The van der Waals surface area contributed by atoms with E-state index in [1.165, 1.54) is 31.4 Å². The van der Waals surface area contributed by atoms with Gasteiger partial charge in [-0.15, -0.1) is 0 Å². The van der Waals surface area contributed by atoms with Gasteiger partial charge in [-0.2, -0.15) is 0 Å². The number of hydrogen-bond acceptors (Lipinski definition) is 3. The van der Waals surface area contributed by atoms with Crippen LogP contribution in [0.15, 0.2) is 11.8 Å². The van der Waals surface area contributed by atoms with Crippen molar-refractivity contribution < 1.29 is 4.79 Å². The summed E-state index contributed by atoms with van der Waals surface area (Å²) in [4.78, 5) is 14.3. The van der Waals surface area contributed by atoms with Crippen LogP contribution in [-0.2, 0) is 4.79 Å².